The monoisotopic (exact) mass is 422 g/mol. The summed E-state index contributed by atoms with van der Waals surface area (Å²) in [5.41, 5.74) is 0.0799. The molecule has 2 aromatic carbocycles. The minimum absolute atomic E-state index is 0.182. The van der Waals surface area contributed by atoms with E-state index >= 15 is 0 Å². The Hall–Kier alpha value is -1.90. The van der Waals surface area contributed by atoms with E-state index in [-0.39, 0.29) is 21.4 Å². The first-order valence-electron chi connectivity index (χ1n) is 7.20. The van der Waals surface area contributed by atoms with E-state index in [0.29, 0.717) is 10.4 Å². The van der Waals surface area contributed by atoms with Crippen LogP contribution >= 0.6 is 23.2 Å². The van der Waals surface area contributed by atoms with Crippen LogP contribution in [0.3, 0.4) is 0 Å². The van der Waals surface area contributed by atoms with Gasteiger partial charge in [0.05, 0.1) is 11.9 Å². The lowest BCUT2D eigenvalue weighted by atomic mass is 10.2. The van der Waals surface area contributed by atoms with Gasteiger partial charge >= 0.3 is 0 Å². The summed E-state index contributed by atoms with van der Waals surface area (Å²) in [6, 6.07) is 5.63. The number of amides is 1. The Balaban J connectivity index is 2.35. The molecule has 0 aromatic heterocycles. The lowest BCUT2D eigenvalue weighted by Crippen LogP contribution is -2.45. The van der Waals surface area contributed by atoms with Crippen molar-refractivity contribution in [3.63, 3.8) is 0 Å². The third-order valence-electron chi connectivity index (χ3n) is 3.38. The Kier molecular flexibility index (Phi) is 6.10. The molecule has 0 bridgehead atoms. The molecule has 2 aromatic rings. The highest BCUT2D eigenvalue weighted by atomic mass is 35.5. The van der Waals surface area contributed by atoms with Crippen molar-refractivity contribution in [1.29, 1.82) is 0 Å². The van der Waals surface area contributed by atoms with E-state index in [0.717, 1.165) is 18.4 Å². The van der Waals surface area contributed by atoms with Crippen LogP contribution in [0.5, 0.6) is 0 Å². The number of hydrogen-bond acceptors (Lipinski definition) is 3. The zero-order valence-corrected chi connectivity index (χ0v) is 16.0. The Bertz CT molecular complexity index is 934. The zero-order valence-electron chi connectivity index (χ0n) is 13.6. The van der Waals surface area contributed by atoms with Crippen LogP contribution in [0.25, 0.3) is 0 Å². The van der Waals surface area contributed by atoms with Gasteiger partial charge in [0.15, 0.2) is 11.6 Å². The molecule has 0 unspecified atom stereocenters. The maximum absolute atomic E-state index is 13.5. The van der Waals surface area contributed by atoms with Gasteiger partial charge in [-0.05, 0) is 37.3 Å². The van der Waals surface area contributed by atoms with Crippen molar-refractivity contribution in [2.75, 3.05) is 15.9 Å². The van der Waals surface area contributed by atoms with Gasteiger partial charge in [-0.1, -0.05) is 23.2 Å². The lowest BCUT2D eigenvalue weighted by molar-refractivity contribution is -0.116. The molecule has 0 radical (unpaired) electrons. The Labute approximate surface area is 159 Å². The highest BCUT2D eigenvalue weighted by molar-refractivity contribution is 7.92. The van der Waals surface area contributed by atoms with E-state index < -0.39 is 33.6 Å². The third-order valence-corrected chi connectivity index (χ3v) is 5.05. The van der Waals surface area contributed by atoms with E-state index in [1.165, 1.54) is 25.1 Å². The predicted molar refractivity (Wildman–Crippen MR) is 98.2 cm³/mol. The molecule has 0 aliphatic rings. The van der Waals surface area contributed by atoms with E-state index in [2.05, 4.69) is 5.32 Å². The minimum Gasteiger partial charge on any atom is -0.324 e. The number of carbonyl (C=O) groups is 1. The fourth-order valence-electron chi connectivity index (χ4n) is 2.30. The van der Waals surface area contributed by atoms with Gasteiger partial charge < -0.3 is 5.32 Å². The fraction of sp³-hybridized carbons (Fsp3) is 0.188. The van der Waals surface area contributed by atoms with E-state index in [4.69, 9.17) is 23.2 Å². The van der Waals surface area contributed by atoms with Crippen molar-refractivity contribution in [2.24, 2.45) is 0 Å². The van der Waals surface area contributed by atoms with E-state index in [9.17, 15) is 22.0 Å². The molecule has 10 heteroatoms. The highest BCUT2D eigenvalue weighted by Gasteiger charge is 2.30. The van der Waals surface area contributed by atoms with Crippen LogP contribution in [0.2, 0.25) is 10.0 Å². The summed E-state index contributed by atoms with van der Waals surface area (Å²) in [6.45, 7) is 1.31. The summed E-state index contributed by atoms with van der Waals surface area (Å²) in [4.78, 5) is 12.5. The van der Waals surface area contributed by atoms with Gasteiger partial charge in [0.1, 0.15) is 6.04 Å². The molecule has 1 amide bonds. The van der Waals surface area contributed by atoms with Crippen LogP contribution in [-0.4, -0.2) is 26.6 Å². The number of nitrogens with one attached hydrogen (secondary N) is 1. The number of hydrogen-bond donors (Lipinski definition) is 1. The zero-order chi connectivity index (χ0) is 19.6. The number of rotatable bonds is 5. The molecule has 2 rings (SSSR count). The van der Waals surface area contributed by atoms with Crippen molar-refractivity contribution in [3.8, 4) is 0 Å². The summed E-state index contributed by atoms with van der Waals surface area (Å²) >= 11 is 11.7. The van der Waals surface area contributed by atoms with Gasteiger partial charge in [-0.25, -0.2) is 17.2 Å². The fourth-order valence-corrected chi connectivity index (χ4v) is 4.00. The molecule has 26 heavy (non-hydrogen) atoms. The molecule has 0 saturated heterocycles. The topological polar surface area (TPSA) is 66.5 Å². The van der Waals surface area contributed by atoms with Gasteiger partial charge in [-0.2, -0.15) is 0 Å². The smallest absolute Gasteiger partial charge is 0.247 e. The van der Waals surface area contributed by atoms with Crippen molar-refractivity contribution in [2.45, 2.75) is 13.0 Å². The second-order valence-electron chi connectivity index (χ2n) is 5.48. The number of halogens is 4. The molecule has 0 saturated carbocycles. The quantitative estimate of drug-likeness (QED) is 0.789. The third kappa shape index (κ3) is 4.84. The van der Waals surface area contributed by atoms with Gasteiger partial charge in [0, 0.05) is 21.8 Å². The van der Waals surface area contributed by atoms with Crippen molar-refractivity contribution >= 4 is 50.5 Å². The maximum atomic E-state index is 13.5. The molecule has 0 aliphatic carbocycles. The Morgan fingerprint density at radius 1 is 1.08 bits per heavy atom. The van der Waals surface area contributed by atoms with Crippen LogP contribution in [0.1, 0.15) is 6.92 Å². The first-order valence-corrected chi connectivity index (χ1v) is 9.81. The van der Waals surface area contributed by atoms with Crippen molar-refractivity contribution < 1.29 is 22.0 Å². The largest absolute Gasteiger partial charge is 0.324 e. The van der Waals surface area contributed by atoms with E-state index in [1.54, 1.807) is 0 Å². The standard InChI is InChI=1S/C16H14Cl2F2N2O3S/c1-9(16(23)21-12-6-10(17)5-11(18)7-12)22(26(2,24)25)13-3-4-14(19)15(20)8-13/h3-9H,1-2H3,(H,21,23)/t9-/m0/s1. The number of anilines is 2. The van der Waals surface area contributed by atoms with Crippen molar-refractivity contribution in [3.05, 3.63) is 58.1 Å². The van der Waals surface area contributed by atoms with Gasteiger partial charge in [-0.15, -0.1) is 0 Å². The van der Waals surface area contributed by atoms with Gasteiger partial charge in [0.2, 0.25) is 15.9 Å². The summed E-state index contributed by atoms with van der Waals surface area (Å²) in [5.74, 6) is -3.07. The molecular weight excluding hydrogens is 409 g/mol. The maximum Gasteiger partial charge on any atom is 0.247 e. The Morgan fingerprint density at radius 2 is 1.65 bits per heavy atom. The van der Waals surface area contributed by atoms with E-state index in [1.807, 2.05) is 0 Å². The average molecular weight is 423 g/mol. The molecule has 140 valence electrons. The van der Waals surface area contributed by atoms with Gasteiger partial charge in [-0.3, -0.25) is 9.10 Å². The number of nitrogens with zero attached hydrogens (tertiary/aromatic N) is 1. The van der Waals surface area contributed by atoms with Crippen LogP contribution in [0, 0.1) is 11.6 Å². The number of sulfonamides is 1. The number of benzene rings is 2. The molecule has 1 N–H and O–H groups in total. The minimum atomic E-state index is -3.97. The summed E-state index contributed by atoms with van der Waals surface area (Å²) in [5, 5.41) is 3.05. The molecule has 5 nitrogen and oxygen atoms in total. The Morgan fingerprint density at radius 3 is 2.15 bits per heavy atom. The molecule has 0 spiro atoms. The van der Waals surface area contributed by atoms with Crippen LogP contribution in [-0.2, 0) is 14.8 Å². The SMILES string of the molecule is C[C@@H](C(=O)Nc1cc(Cl)cc(Cl)c1)N(c1ccc(F)c(F)c1)S(C)(=O)=O. The normalized spacial score (nSPS) is 12.5. The second kappa shape index (κ2) is 7.77. The molecule has 0 heterocycles. The molecular formula is C16H14Cl2F2N2O3S. The van der Waals surface area contributed by atoms with Crippen LogP contribution < -0.4 is 9.62 Å². The lowest BCUT2D eigenvalue weighted by Gasteiger charge is -2.28. The van der Waals surface area contributed by atoms with Crippen LogP contribution in [0.4, 0.5) is 20.2 Å². The van der Waals surface area contributed by atoms with Crippen molar-refractivity contribution in [1.82, 2.24) is 0 Å². The molecule has 0 fully saturated rings. The summed E-state index contributed by atoms with van der Waals surface area (Å²) < 4.78 is 51.6. The van der Waals surface area contributed by atoms with Gasteiger partial charge in [0.25, 0.3) is 0 Å². The first-order chi connectivity index (χ1) is 12.0. The number of carbonyl (C=O) groups excluding carboxylic acids is 1. The summed E-state index contributed by atoms with van der Waals surface area (Å²) in [6.07, 6.45) is 0.855. The average Bonchev–Trinajstić information content (AvgIpc) is 2.48. The predicted octanol–water partition coefficient (Wildman–Crippen LogP) is 4.06. The van der Waals surface area contributed by atoms with Crippen LogP contribution in [0.15, 0.2) is 36.4 Å². The highest BCUT2D eigenvalue weighted by Crippen LogP contribution is 2.25. The first kappa shape index (κ1) is 20.4. The molecule has 0 aliphatic heterocycles. The second-order valence-corrected chi connectivity index (χ2v) is 8.21. The molecule has 1 atom stereocenters. The summed E-state index contributed by atoms with van der Waals surface area (Å²) in [7, 11) is -3.97.